The fraction of sp³-hybridized carbons (Fsp3) is 0.286. The molecule has 0 aliphatic carbocycles. The molecule has 0 radical (unpaired) electrons. The van der Waals surface area contributed by atoms with Gasteiger partial charge in [-0.2, -0.15) is 0 Å². The predicted molar refractivity (Wildman–Crippen MR) is 68.4 cm³/mol. The number of nitrogens with two attached hydrogens (primary N) is 1. The van der Waals surface area contributed by atoms with Crippen LogP contribution in [0.2, 0.25) is 0 Å². The van der Waals surface area contributed by atoms with Gasteiger partial charge in [0.25, 0.3) is 0 Å². The molecule has 4 nitrogen and oxygen atoms in total. The Morgan fingerprint density at radius 3 is 2.50 bits per heavy atom. The molecular formula is C14H17NO3. The zero-order chi connectivity index (χ0) is 13.5. The third-order valence-corrected chi connectivity index (χ3v) is 2.63. The number of ether oxygens (including phenoxy) is 1. The SMILES string of the molecule is C=C(C(N)=O)C(C)CC(=O)OCc1ccccc1. The number of amides is 1. The van der Waals surface area contributed by atoms with Crippen LogP contribution < -0.4 is 5.73 Å². The lowest BCUT2D eigenvalue weighted by Gasteiger charge is -2.11. The highest BCUT2D eigenvalue weighted by molar-refractivity contribution is 5.92. The van der Waals surface area contributed by atoms with E-state index in [-0.39, 0.29) is 30.5 Å². The number of carbonyl (C=O) groups is 2. The topological polar surface area (TPSA) is 69.4 Å². The van der Waals surface area contributed by atoms with Crippen molar-refractivity contribution in [2.45, 2.75) is 20.0 Å². The highest BCUT2D eigenvalue weighted by Gasteiger charge is 2.16. The summed E-state index contributed by atoms with van der Waals surface area (Å²) >= 11 is 0. The van der Waals surface area contributed by atoms with E-state index in [1.165, 1.54) is 0 Å². The summed E-state index contributed by atoms with van der Waals surface area (Å²) in [5.41, 5.74) is 6.25. The van der Waals surface area contributed by atoms with Crippen LogP contribution in [0.5, 0.6) is 0 Å². The van der Waals surface area contributed by atoms with Gasteiger partial charge in [0.15, 0.2) is 0 Å². The van der Waals surface area contributed by atoms with Gasteiger partial charge in [-0.3, -0.25) is 9.59 Å². The standard InChI is InChI=1S/C14H17NO3/c1-10(11(2)14(15)17)8-13(16)18-9-12-6-4-3-5-7-12/h3-7,10H,2,8-9H2,1H3,(H2,15,17). The molecule has 0 aromatic heterocycles. The summed E-state index contributed by atoms with van der Waals surface area (Å²) in [5, 5.41) is 0. The zero-order valence-corrected chi connectivity index (χ0v) is 10.4. The number of benzene rings is 1. The average molecular weight is 247 g/mol. The van der Waals surface area contributed by atoms with E-state index in [9.17, 15) is 9.59 Å². The molecule has 0 spiro atoms. The van der Waals surface area contributed by atoms with Crippen molar-refractivity contribution < 1.29 is 14.3 Å². The summed E-state index contributed by atoms with van der Waals surface area (Å²) in [6.07, 6.45) is 0.106. The summed E-state index contributed by atoms with van der Waals surface area (Å²) in [5.74, 6) is -1.25. The van der Waals surface area contributed by atoms with Crippen LogP contribution in [0, 0.1) is 5.92 Å². The summed E-state index contributed by atoms with van der Waals surface area (Å²) in [6, 6.07) is 9.39. The first kappa shape index (κ1) is 14.0. The molecule has 1 rings (SSSR count). The van der Waals surface area contributed by atoms with Crippen molar-refractivity contribution in [1.29, 1.82) is 0 Å². The van der Waals surface area contributed by atoms with E-state index in [0.717, 1.165) is 5.56 Å². The van der Waals surface area contributed by atoms with Crippen LogP contribution in [0.25, 0.3) is 0 Å². The fourth-order valence-corrected chi connectivity index (χ4v) is 1.41. The molecule has 0 aliphatic rings. The van der Waals surface area contributed by atoms with E-state index in [0.29, 0.717) is 0 Å². The average Bonchev–Trinajstić information content (AvgIpc) is 2.36. The largest absolute Gasteiger partial charge is 0.461 e. The summed E-state index contributed by atoms with van der Waals surface area (Å²) in [6.45, 7) is 5.49. The Bertz CT molecular complexity index is 440. The van der Waals surface area contributed by atoms with Crippen LogP contribution in [-0.2, 0) is 20.9 Å². The molecule has 1 aromatic carbocycles. The van der Waals surface area contributed by atoms with Gasteiger partial charge in [0.2, 0.25) is 5.91 Å². The van der Waals surface area contributed by atoms with E-state index >= 15 is 0 Å². The van der Waals surface area contributed by atoms with Crippen molar-refractivity contribution in [3.63, 3.8) is 0 Å². The Balaban J connectivity index is 2.38. The Morgan fingerprint density at radius 1 is 1.33 bits per heavy atom. The van der Waals surface area contributed by atoms with Gasteiger partial charge in [-0.05, 0) is 11.5 Å². The lowest BCUT2D eigenvalue weighted by Crippen LogP contribution is -2.20. The molecule has 0 heterocycles. The number of rotatable bonds is 6. The molecule has 18 heavy (non-hydrogen) atoms. The summed E-state index contributed by atoms with van der Waals surface area (Å²) in [4.78, 5) is 22.4. The van der Waals surface area contributed by atoms with E-state index in [1.807, 2.05) is 30.3 Å². The Hall–Kier alpha value is -2.10. The second-order valence-electron chi connectivity index (χ2n) is 4.14. The number of carbonyl (C=O) groups excluding carboxylic acids is 2. The van der Waals surface area contributed by atoms with Crippen molar-refractivity contribution in [3.05, 3.63) is 48.0 Å². The first-order chi connectivity index (χ1) is 8.50. The first-order valence-electron chi connectivity index (χ1n) is 5.69. The molecule has 1 atom stereocenters. The van der Waals surface area contributed by atoms with Crippen LogP contribution in [0.15, 0.2) is 42.5 Å². The van der Waals surface area contributed by atoms with Gasteiger partial charge in [-0.25, -0.2) is 0 Å². The lowest BCUT2D eigenvalue weighted by atomic mass is 9.99. The zero-order valence-electron chi connectivity index (χ0n) is 10.4. The molecule has 4 heteroatoms. The molecule has 0 saturated heterocycles. The van der Waals surface area contributed by atoms with Gasteiger partial charge in [-0.15, -0.1) is 0 Å². The van der Waals surface area contributed by atoms with Crippen LogP contribution in [0.3, 0.4) is 0 Å². The van der Waals surface area contributed by atoms with Crippen LogP contribution in [0.1, 0.15) is 18.9 Å². The molecule has 0 bridgehead atoms. The van der Waals surface area contributed by atoms with E-state index < -0.39 is 5.91 Å². The van der Waals surface area contributed by atoms with E-state index in [1.54, 1.807) is 6.92 Å². The Kier molecular flexibility index (Phi) is 5.11. The van der Waals surface area contributed by atoms with Crippen molar-refractivity contribution in [1.82, 2.24) is 0 Å². The second kappa shape index (κ2) is 6.59. The number of hydrogen-bond donors (Lipinski definition) is 1. The number of hydrogen-bond acceptors (Lipinski definition) is 3. The Labute approximate surface area is 106 Å². The van der Waals surface area contributed by atoms with Crippen molar-refractivity contribution in [3.8, 4) is 0 Å². The minimum atomic E-state index is -0.585. The van der Waals surface area contributed by atoms with Crippen molar-refractivity contribution in [2.75, 3.05) is 0 Å². The molecular weight excluding hydrogens is 230 g/mol. The lowest BCUT2D eigenvalue weighted by molar-refractivity contribution is -0.145. The summed E-state index contributed by atoms with van der Waals surface area (Å²) < 4.78 is 5.10. The molecule has 0 saturated carbocycles. The molecule has 1 unspecified atom stereocenters. The fourth-order valence-electron chi connectivity index (χ4n) is 1.41. The van der Waals surface area contributed by atoms with Crippen LogP contribution in [0.4, 0.5) is 0 Å². The smallest absolute Gasteiger partial charge is 0.306 e. The predicted octanol–water partition coefficient (Wildman–Crippen LogP) is 1.80. The van der Waals surface area contributed by atoms with E-state index in [4.69, 9.17) is 10.5 Å². The highest BCUT2D eigenvalue weighted by Crippen LogP contribution is 2.13. The molecule has 0 fully saturated rings. The van der Waals surface area contributed by atoms with Crippen LogP contribution >= 0.6 is 0 Å². The van der Waals surface area contributed by atoms with Gasteiger partial charge in [-0.1, -0.05) is 43.8 Å². The van der Waals surface area contributed by atoms with Crippen LogP contribution in [-0.4, -0.2) is 11.9 Å². The highest BCUT2D eigenvalue weighted by atomic mass is 16.5. The Morgan fingerprint density at radius 2 is 1.94 bits per heavy atom. The summed E-state index contributed by atoms with van der Waals surface area (Å²) in [7, 11) is 0. The van der Waals surface area contributed by atoms with Gasteiger partial charge < -0.3 is 10.5 Å². The molecule has 0 aliphatic heterocycles. The van der Waals surface area contributed by atoms with Gasteiger partial charge in [0.05, 0.1) is 6.42 Å². The minimum Gasteiger partial charge on any atom is -0.461 e. The molecule has 96 valence electrons. The van der Waals surface area contributed by atoms with Gasteiger partial charge in [0, 0.05) is 5.57 Å². The number of esters is 1. The normalized spacial score (nSPS) is 11.6. The van der Waals surface area contributed by atoms with E-state index in [2.05, 4.69) is 6.58 Å². The maximum absolute atomic E-state index is 11.5. The quantitative estimate of drug-likeness (QED) is 0.615. The molecule has 1 aromatic rings. The third-order valence-electron chi connectivity index (χ3n) is 2.63. The first-order valence-corrected chi connectivity index (χ1v) is 5.69. The van der Waals surface area contributed by atoms with Crippen molar-refractivity contribution in [2.24, 2.45) is 11.7 Å². The molecule has 1 amide bonds. The third kappa shape index (κ3) is 4.41. The maximum atomic E-state index is 11.5. The monoisotopic (exact) mass is 247 g/mol. The second-order valence-corrected chi connectivity index (χ2v) is 4.14. The van der Waals surface area contributed by atoms with Gasteiger partial charge >= 0.3 is 5.97 Å². The minimum absolute atomic E-state index is 0.106. The van der Waals surface area contributed by atoms with Crippen molar-refractivity contribution >= 4 is 11.9 Å². The van der Waals surface area contributed by atoms with Gasteiger partial charge in [0.1, 0.15) is 6.61 Å². The molecule has 2 N–H and O–H groups in total. The number of primary amides is 1. The maximum Gasteiger partial charge on any atom is 0.306 e.